The molecule has 0 aromatic carbocycles. The van der Waals surface area contributed by atoms with Crippen LogP contribution in [0.5, 0.6) is 0 Å². The van der Waals surface area contributed by atoms with E-state index in [0.717, 1.165) is 31.0 Å². The lowest BCUT2D eigenvalue weighted by atomic mass is 9.94. The summed E-state index contributed by atoms with van der Waals surface area (Å²) in [7, 11) is 0. The molecule has 1 aliphatic heterocycles. The maximum absolute atomic E-state index is 5.63. The molecule has 2 aliphatic rings. The van der Waals surface area contributed by atoms with Crippen molar-refractivity contribution in [3.05, 3.63) is 59.9 Å². The van der Waals surface area contributed by atoms with Crippen molar-refractivity contribution < 1.29 is 0 Å². The third kappa shape index (κ3) is 6.17. The average molecular weight is 284 g/mol. The number of hydrogen-bond acceptors (Lipinski definition) is 2. The van der Waals surface area contributed by atoms with Crippen molar-refractivity contribution in [2.45, 2.75) is 32.6 Å². The third-order valence-electron chi connectivity index (χ3n) is 4.02. The van der Waals surface area contributed by atoms with Crippen LogP contribution < -0.4 is 5.73 Å². The van der Waals surface area contributed by atoms with Crippen molar-refractivity contribution in [2.24, 2.45) is 11.7 Å². The van der Waals surface area contributed by atoms with Gasteiger partial charge < -0.3 is 5.73 Å². The SMILES string of the molecule is C/C(N)=C/C=C\CC1CCCN(CC2=CC=CCC=C2)C1. The van der Waals surface area contributed by atoms with E-state index in [9.17, 15) is 0 Å². The highest BCUT2D eigenvalue weighted by molar-refractivity contribution is 5.28. The second kappa shape index (κ2) is 8.68. The molecule has 1 aliphatic carbocycles. The molecule has 2 N–H and O–H groups in total. The maximum Gasteiger partial charge on any atom is 0.0233 e. The Morgan fingerprint density at radius 3 is 3.19 bits per heavy atom. The first-order valence-corrected chi connectivity index (χ1v) is 8.07. The predicted molar refractivity (Wildman–Crippen MR) is 91.8 cm³/mol. The van der Waals surface area contributed by atoms with Crippen LogP contribution in [0.4, 0.5) is 0 Å². The molecule has 1 saturated heterocycles. The number of piperidine rings is 1. The molecule has 2 heteroatoms. The summed E-state index contributed by atoms with van der Waals surface area (Å²) < 4.78 is 0. The number of nitrogens with zero attached hydrogens (tertiary/aromatic N) is 1. The van der Waals surface area contributed by atoms with E-state index in [4.69, 9.17) is 5.73 Å². The van der Waals surface area contributed by atoms with E-state index in [-0.39, 0.29) is 0 Å². The minimum absolute atomic E-state index is 0.785. The normalized spacial score (nSPS) is 24.3. The highest BCUT2D eigenvalue weighted by Crippen LogP contribution is 2.21. The van der Waals surface area contributed by atoms with Gasteiger partial charge in [0.1, 0.15) is 0 Å². The van der Waals surface area contributed by atoms with E-state index >= 15 is 0 Å². The lowest BCUT2D eigenvalue weighted by molar-refractivity contribution is 0.190. The molecule has 1 atom stereocenters. The molecule has 0 bridgehead atoms. The Hall–Kier alpha value is -1.54. The van der Waals surface area contributed by atoms with Crippen LogP contribution in [0.3, 0.4) is 0 Å². The van der Waals surface area contributed by atoms with E-state index in [1.165, 1.54) is 31.5 Å². The zero-order chi connectivity index (χ0) is 14.9. The van der Waals surface area contributed by atoms with Crippen molar-refractivity contribution in [3.63, 3.8) is 0 Å². The molecule has 0 aromatic rings. The van der Waals surface area contributed by atoms with E-state index in [1.54, 1.807) is 0 Å². The van der Waals surface area contributed by atoms with Crippen molar-refractivity contribution >= 4 is 0 Å². The molecule has 21 heavy (non-hydrogen) atoms. The van der Waals surface area contributed by atoms with Crippen LogP contribution in [0.25, 0.3) is 0 Å². The number of likely N-dealkylation sites (tertiary alicyclic amines) is 1. The van der Waals surface area contributed by atoms with Crippen LogP contribution in [0.1, 0.15) is 32.6 Å². The Morgan fingerprint density at radius 1 is 1.43 bits per heavy atom. The maximum atomic E-state index is 5.63. The summed E-state index contributed by atoms with van der Waals surface area (Å²) in [4.78, 5) is 2.60. The van der Waals surface area contributed by atoms with Gasteiger partial charge >= 0.3 is 0 Å². The largest absolute Gasteiger partial charge is 0.402 e. The third-order valence-corrected chi connectivity index (χ3v) is 4.02. The molecule has 0 radical (unpaired) electrons. The van der Waals surface area contributed by atoms with Crippen LogP contribution in [0.15, 0.2) is 59.9 Å². The standard InChI is InChI=1S/C19H28N2/c1-17(20)9-6-7-12-19-13-8-14-21(16-19)15-18-10-4-2-3-5-11-18/h2,4-7,9-11,19H,3,8,12-16,20H2,1H3/b7-6-,17-9-. The van der Waals surface area contributed by atoms with E-state index in [1.807, 2.05) is 13.0 Å². The summed E-state index contributed by atoms with van der Waals surface area (Å²) in [6, 6.07) is 0. The fourth-order valence-electron chi connectivity index (χ4n) is 2.97. The Bertz CT molecular complexity index is 462. The van der Waals surface area contributed by atoms with E-state index in [2.05, 4.69) is 47.4 Å². The molecule has 1 unspecified atom stereocenters. The van der Waals surface area contributed by atoms with Gasteiger partial charge in [-0.3, -0.25) is 4.90 Å². The van der Waals surface area contributed by atoms with E-state index in [0.29, 0.717) is 0 Å². The van der Waals surface area contributed by atoms with Crippen LogP contribution in [-0.4, -0.2) is 24.5 Å². The number of nitrogens with two attached hydrogens (primary N) is 1. The molecular formula is C19H28N2. The average Bonchev–Trinajstić information content (AvgIpc) is 2.73. The summed E-state index contributed by atoms with van der Waals surface area (Å²) in [5.74, 6) is 0.785. The topological polar surface area (TPSA) is 29.3 Å². The van der Waals surface area contributed by atoms with Crippen LogP contribution in [-0.2, 0) is 0 Å². The zero-order valence-electron chi connectivity index (χ0n) is 13.2. The van der Waals surface area contributed by atoms with Crippen molar-refractivity contribution in [2.75, 3.05) is 19.6 Å². The number of rotatable bonds is 5. The predicted octanol–water partition coefficient (Wildman–Crippen LogP) is 3.95. The smallest absolute Gasteiger partial charge is 0.0233 e. The molecule has 2 rings (SSSR count). The zero-order valence-corrected chi connectivity index (χ0v) is 13.2. The summed E-state index contributed by atoms with van der Waals surface area (Å²) in [6.07, 6.45) is 22.4. The van der Waals surface area contributed by atoms with Gasteiger partial charge in [-0.25, -0.2) is 0 Å². The minimum atomic E-state index is 0.785. The molecule has 0 saturated carbocycles. The first-order valence-electron chi connectivity index (χ1n) is 8.07. The lowest BCUT2D eigenvalue weighted by Crippen LogP contribution is -2.36. The molecule has 2 nitrogen and oxygen atoms in total. The summed E-state index contributed by atoms with van der Waals surface area (Å²) in [5, 5.41) is 0. The van der Waals surface area contributed by atoms with Gasteiger partial charge in [0, 0.05) is 18.8 Å². The van der Waals surface area contributed by atoms with Crippen LogP contribution in [0.2, 0.25) is 0 Å². The van der Waals surface area contributed by atoms with Gasteiger partial charge in [-0.2, -0.15) is 0 Å². The fourth-order valence-corrected chi connectivity index (χ4v) is 2.97. The Labute approximate surface area is 129 Å². The molecule has 114 valence electrons. The van der Waals surface area contributed by atoms with Gasteiger partial charge in [0.15, 0.2) is 0 Å². The highest BCUT2D eigenvalue weighted by atomic mass is 15.1. The summed E-state index contributed by atoms with van der Waals surface area (Å²) >= 11 is 0. The summed E-state index contributed by atoms with van der Waals surface area (Å²) in [5.41, 5.74) is 7.94. The Kier molecular flexibility index (Phi) is 6.55. The molecular weight excluding hydrogens is 256 g/mol. The first kappa shape index (κ1) is 15.8. The van der Waals surface area contributed by atoms with Gasteiger partial charge in [-0.1, -0.05) is 42.5 Å². The fraction of sp³-hybridized carbons (Fsp3) is 0.474. The highest BCUT2D eigenvalue weighted by Gasteiger charge is 2.19. The Balaban J connectivity index is 1.80. The van der Waals surface area contributed by atoms with Crippen LogP contribution in [0, 0.1) is 5.92 Å². The van der Waals surface area contributed by atoms with Gasteiger partial charge in [0.2, 0.25) is 0 Å². The molecule has 1 heterocycles. The number of hydrogen-bond donors (Lipinski definition) is 1. The van der Waals surface area contributed by atoms with Crippen molar-refractivity contribution in [1.82, 2.24) is 4.90 Å². The second-order valence-corrected chi connectivity index (χ2v) is 6.13. The molecule has 0 aromatic heterocycles. The van der Waals surface area contributed by atoms with Gasteiger partial charge in [-0.15, -0.1) is 0 Å². The monoisotopic (exact) mass is 284 g/mol. The minimum Gasteiger partial charge on any atom is -0.402 e. The van der Waals surface area contributed by atoms with Crippen LogP contribution >= 0.6 is 0 Å². The molecule has 0 spiro atoms. The quantitative estimate of drug-likeness (QED) is 0.775. The first-order chi connectivity index (χ1) is 10.2. The Morgan fingerprint density at radius 2 is 2.33 bits per heavy atom. The molecule has 0 amide bonds. The van der Waals surface area contributed by atoms with Gasteiger partial charge in [0.25, 0.3) is 0 Å². The van der Waals surface area contributed by atoms with Crippen molar-refractivity contribution in [1.29, 1.82) is 0 Å². The van der Waals surface area contributed by atoms with Gasteiger partial charge in [-0.05, 0) is 56.7 Å². The summed E-state index contributed by atoms with van der Waals surface area (Å²) in [6.45, 7) is 5.46. The lowest BCUT2D eigenvalue weighted by Gasteiger charge is -2.32. The molecule has 1 fully saturated rings. The van der Waals surface area contributed by atoms with Crippen molar-refractivity contribution in [3.8, 4) is 0 Å². The van der Waals surface area contributed by atoms with Gasteiger partial charge in [0.05, 0.1) is 0 Å². The second-order valence-electron chi connectivity index (χ2n) is 6.13. The van der Waals surface area contributed by atoms with E-state index < -0.39 is 0 Å². The number of allylic oxidation sites excluding steroid dienone is 8.